The van der Waals surface area contributed by atoms with Crippen molar-refractivity contribution in [3.63, 3.8) is 0 Å². The Bertz CT molecular complexity index is 553. The molecule has 0 aromatic carbocycles. The van der Waals surface area contributed by atoms with Gasteiger partial charge in [-0.05, 0) is 36.3 Å². The molecule has 1 fully saturated rings. The highest BCUT2D eigenvalue weighted by Crippen LogP contribution is 2.24. The van der Waals surface area contributed by atoms with E-state index in [1.165, 1.54) is 22.2 Å². The van der Waals surface area contributed by atoms with Gasteiger partial charge in [-0.2, -0.15) is 0 Å². The Morgan fingerprint density at radius 1 is 1.59 bits per heavy atom. The molecule has 3 heterocycles. The van der Waals surface area contributed by atoms with Crippen LogP contribution in [0.2, 0.25) is 0 Å². The standard InChI is InChI=1S/C15H21N3O2S2/c16-15(17-8-12-2-1-6-20-12)22-10-14(19)18-5-3-13-11(9-18)4-7-21-13/h4,7,12H,1-3,5-6,8-10H2,(H2,16,17). The summed E-state index contributed by atoms with van der Waals surface area (Å²) in [7, 11) is 0. The Balaban J connectivity index is 1.43. The van der Waals surface area contributed by atoms with E-state index in [4.69, 9.17) is 10.5 Å². The van der Waals surface area contributed by atoms with Crippen LogP contribution in [-0.4, -0.2) is 47.5 Å². The van der Waals surface area contributed by atoms with Crippen molar-refractivity contribution in [2.24, 2.45) is 10.7 Å². The number of fused-ring (bicyclic) bond motifs is 1. The van der Waals surface area contributed by atoms with Crippen molar-refractivity contribution in [1.82, 2.24) is 4.90 Å². The molecule has 1 amide bonds. The topological polar surface area (TPSA) is 67.9 Å². The van der Waals surface area contributed by atoms with Gasteiger partial charge in [-0.25, -0.2) is 0 Å². The van der Waals surface area contributed by atoms with Crippen LogP contribution < -0.4 is 5.73 Å². The zero-order valence-electron chi connectivity index (χ0n) is 12.5. The van der Waals surface area contributed by atoms with Gasteiger partial charge in [0.2, 0.25) is 5.91 Å². The van der Waals surface area contributed by atoms with Crippen molar-refractivity contribution in [2.45, 2.75) is 31.9 Å². The van der Waals surface area contributed by atoms with Gasteiger partial charge in [-0.3, -0.25) is 9.79 Å². The summed E-state index contributed by atoms with van der Waals surface area (Å²) in [5.74, 6) is 0.498. The molecule has 1 aromatic rings. The van der Waals surface area contributed by atoms with E-state index in [-0.39, 0.29) is 12.0 Å². The Morgan fingerprint density at radius 3 is 3.32 bits per heavy atom. The summed E-state index contributed by atoms with van der Waals surface area (Å²) in [6.07, 6.45) is 3.32. The molecule has 2 aliphatic heterocycles. The van der Waals surface area contributed by atoms with Crippen LogP contribution in [0.5, 0.6) is 0 Å². The number of hydrogen-bond acceptors (Lipinski definition) is 5. The normalized spacial score (nSPS) is 21.9. The Hall–Kier alpha value is -1.05. The number of ether oxygens (including phenoxy) is 1. The summed E-state index contributed by atoms with van der Waals surface area (Å²) < 4.78 is 5.50. The van der Waals surface area contributed by atoms with Crippen LogP contribution in [0.1, 0.15) is 23.3 Å². The van der Waals surface area contributed by atoms with Crippen LogP contribution in [0.3, 0.4) is 0 Å². The number of rotatable bonds is 4. The predicted molar refractivity (Wildman–Crippen MR) is 91.4 cm³/mol. The van der Waals surface area contributed by atoms with E-state index < -0.39 is 0 Å². The Kier molecular flexibility index (Phi) is 5.38. The summed E-state index contributed by atoms with van der Waals surface area (Å²) in [6.45, 7) is 2.96. The lowest BCUT2D eigenvalue weighted by molar-refractivity contribution is -0.129. The highest BCUT2D eigenvalue weighted by Gasteiger charge is 2.21. The molecule has 1 aromatic heterocycles. The second-order valence-electron chi connectivity index (χ2n) is 5.54. The molecule has 0 saturated carbocycles. The van der Waals surface area contributed by atoms with Crippen LogP contribution in [0.25, 0.3) is 0 Å². The van der Waals surface area contributed by atoms with E-state index in [0.29, 0.717) is 17.5 Å². The minimum atomic E-state index is 0.136. The molecule has 3 rings (SSSR count). The van der Waals surface area contributed by atoms with Gasteiger partial charge in [0.05, 0.1) is 18.4 Å². The number of hydrogen-bond donors (Lipinski definition) is 1. The van der Waals surface area contributed by atoms with Crippen molar-refractivity contribution in [3.05, 3.63) is 21.9 Å². The third-order valence-corrected chi connectivity index (χ3v) is 5.82. The molecule has 0 radical (unpaired) electrons. The minimum Gasteiger partial charge on any atom is -0.379 e. The fourth-order valence-electron chi connectivity index (χ4n) is 2.71. The van der Waals surface area contributed by atoms with Crippen molar-refractivity contribution in [1.29, 1.82) is 0 Å². The molecule has 22 heavy (non-hydrogen) atoms. The lowest BCUT2D eigenvalue weighted by Gasteiger charge is -2.26. The van der Waals surface area contributed by atoms with Crippen LogP contribution in [0.4, 0.5) is 0 Å². The summed E-state index contributed by atoms with van der Waals surface area (Å²) in [5, 5.41) is 2.58. The maximum atomic E-state index is 12.3. The number of nitrogens with zero attached hydrogens (tertiary/aromatic N) is 2. The van der Waals surface area contributed by atoms with E-state index in [0.717, 1.165) is 39.0 Å². The zero-order valence-corrected chi connectivity index (χ0v) is 14.1. The van der Waals surface area contributed by atoms with Crippen molar-refractivity contribution in [3.8, 4) is 0 Å². The number of carbonyl (C=O) groups is 1. The summed E-state index contributed by atoms with van der Waals surface area (Å²) in [4.78, 5) is 19.9. The first kappa shape index (κ1) is 15.8. The molecule has 1 unspecified atom stereocenters. The lowest BCUT2D eigenvalue weighted by Crippen LogP contribution is -2.36. The smallest absolute Gasteiger partial charge is 0.233 e. The van der Waals surface area contributed by atoms with Gasteiger partial charge < -0.3 is 15.4 Å². The first-order valence-corrected chi connectivity index (χ1v) is 9.46. The number of amides is 1. The fourth-order valence-corrected chi connectivity index (χ4v) is 4.22. The molecule has 120 valence electrons. The monoisotopic (exact) mass is 339 g/mol. The molecule has 7 heteroatoms. The summed E-state index contributed by atoms with van der Waals surface area (Å²) in [6, 6.07) is 2.12. The number of thioether (sulfide) groups is 1. The van der Waals surface area contributed by atoms with Gasteiger partial charge in [-0.15, -0.1) is 11.3 Å². The minimum absolute atomic E-state index is 0.136. The maximum absolute atomic E-state index is 12.3. The van der Waals surface area contributed by atoms with Crippen LogP contribution in [-0.2, 0) is 22.5 Å². The summed E-state index contributed by atoms with van der Waals surface area (Å²) in [5.41, 5.74) is 7.16. The lowest BCUT2D eigenvalue weighted by atomic mass is 10.1. The van der Waals surface area contributed by atoms with Gasteiger partial charge in [0.25, 0.3) is 0 Å². The second kappa shape index (κ2) is 7.48. The predicted octanol–water partition coefficient (Wildman–Crippen LogP) is 1.86. The molecule has 2 N–H and O–H groups in total. The van der Waals surface area contributed by atoms with Gasteiger partial charge in [0.1, 0.15) is 0 Å². The third kappa shape index (κ3) is 4.02. The van der Waals surface area contributed by atoms with E-state index >= 15 is 0 Å². The molecule has 1 atom stereocenters. The first-order chi connectivity index (χ1) is 10.7. The number of thiophene rings is 1. The molecular weight excluding hydrogens is 318 g/mol. The maximum Gasteiger partial charge on any atom is 0.233 e. The number of amidine groups is 1. The molecular formula is C15H21N3O2S2. The van der Waals surface area contributed by atoms with Crippen molar-refractivity contribution >= 4 is 34.2 Å². The van der Waals surface area contributed by atoms with Crippen LogP contribution >= 0.6 is 23.1 Å². The van der Waals surface area contributed by atoms with Crippen molar-refractivity contribution < 1.29 is 9.53 Å². The molecule has 0 bridgehead atoms. The van der Waals surface area contributed by atoms with Crippen LogP contribution in [0.15, 0.2) is 16.4 Å². The first-order valence-electron chi connectivity index (χ1n) is 7.59. The van der Waals surface area contributed by atoms with Gasteiger partial charge in [0.15, 0.2) is 5.17 Å². The highest BCUT2D eigenvalue weighted by atomic mass is 32.2. The highest BCUT2D eigenvalue weighted by molar-refractivity contribution is 8.14. The molecule has 0 spiro atoms. The van der Waals surface area contributed by atoms with Gasteiger partial charge in [0, 0.05) is 24.6 Å². The van der Waals surface area contributed by atoms with E-state index in [2.05, 4.69) is 16.4 Å². The fraction of sp³-hybridized carbons (Fsp3) is 0.600. The molecule has 5 nitrogen and oxygen atoms in total. The second-order valence-corrected chi connectivity index (χ2v) is 7.53. The SMILES string of the molecule is NC(=NCC1CCCO1)SCC(=O)N1CCc2sccc2C1. The van der Waals surface area contributed by atoms with Gasteiger partial charge in [-0.1, -0.05) is 11.8 Å². The largest absolute Gasteiger partial charge is 0.379 e. The number of aliphatic imine (C=N–C) groups is 1. The van der Waals surface area contributed by atoms with Crippen molar-refractivity contribution in [2.75, 3.05) is 25.4 Å². The zero-order chi connectivity index (χ0) is 15.4. The molecule has 1 saturated heterocycles. The third-order valence-electron chi connectivity index (χ3n) is 3.98. The molecule has 0 aliphatic carbocycles. The van der Waals surface area contributed by atoms with E-state index in [1.807, 2.05) is 4.90 Å². The Morgan fingerprint density at radius 2 is 2.50 bits per heavy atom. The van der Waals surface area contributed by atoms with Crippen LogP contribution in [0, 0.1) is 0 Å². The van der Waals surface area contributed by atoms with Gasteiger partial charge >= 0.3 is 0 Å². The number of carbonyl (C=O) groups excluding carboxylic acids is 1. The van der Waals surface area contributed by atoms with E-state index in [1.54, 1.807) is 11.3 Å². The quantitative estimate of drug-likeness (QED) is 0.671. The average Bonchev–Trinajstić information content (AvgIpc) is 3.20. The summed E-state index contributed by atoms with van der Waals surface area (Å²) >= 11 is 3.11. The average molecular weight is 339 g/mol. The Labute approximate surface area is 138 Å². The van der Waals surface area contributed by atoms with E-state index in [9.17, 15) is 4.79 Å². The number of nitrogens with two attached hydrogens (primary N) is 1. The molecule has 2 aliphatic rings.